The number of carbonyl (C=O) groups excluding carboxylic acids is 4. The third-order valence-electron chi connectivity index (χ3n) is 7.70. The van der Waals surface area contributed by atoms with E-state index in [2.05, 4.69) is 30.4 Å². The number of amides is 3. The standard InChI is InChI=1S/C31H26ClF2N7O5/c1-15(42)27-19-6-3-4-9-22(19)41(39-27)14-24(43)40-13-16(33)12-23(40)29(44)35-20-8-5-7-18(26(20)34)17-10-11-21-28(25(17)32)37-30(36-21)38-31(45)46-2/h3-11,16,23H,12-14H2,1-2H3,(H,35,44)(H2,36,37,38,45)/t16-,23+/m1/s1. The van der Waals surface area contributed by atoms with Gasteiger partial charge in [-0.05, 0) is 18.2 Å². The normalized spacial score (nSPS) is 16.2. The highest BCUT2D eigenvalue weighted by Crippen LogP contribution is 2.37. The van der Waals surface area contributed by atoms with Gasteiger partial charge < -0.3 is 19.9 Å². The second-order valence-electron chi connectivity index (χ2n) is 10.7. The summed E-state index contributed by atoms with van der Waals surface area (Å²) in [5, 5.41) is 9.86. The van der Waals surface area contributed by atoms with Crippen LogP contribution in [0.1, 0.15) is 23.8 Å². The van der Waals surface area contributed by atoms with Crippen LogP contribution in [-0.4, -0.2) is 74.2 Å². The first-order valence-corrected chi connectivity index (χ1v) is 14.5. The van der Waals surface area contributed by atoms with Crippen molar-refractivity contribution in [3.63, 3.8) is 0 Å². The monoisotopic (exact) mass is 649 g/mol. The first-order chi connectivity index (χ1) is 22.0. The van der Waals surface area contributed by atoms with Crippen LogP contribution in [0.3, 0.4) is 0 Å². The number of ether oxygens (including phenoxy) is 1. The summed E-state index contributed by atoms with van der Waals surface area (Å²) < 4.78 is 36.4. The van der Waals surface area contributed by atoms with Crippen LogP contribution < -0.4 is 10.6 Å². The second-order valence-corrected chi connectivity index (χ2v) is 11.0. The molecule has 3 amide bonds. The summed E-state index contributed by atoms with van der Waals surface area (Å²) in [5.41, 5.74) is 1.59. The summed E-state index contributed by atoms with van der Waals surface area (Å²) in [4.78, 5) is 58.6. The lowest BCUT2D eigenvalue weighted by molar-refractivity contribution is -0.137. The van der Waals surface area contributed by atoms with E-state index in [1.54, 1.807) is 36.4 Å². The van der Waals surface area contributed by atoms with Crippen molar-refractivity contribution in [2.24, 2.45) is 0 Å². The number of para-hydroxylation sites is 1. The van der Waals surface area contributed by atoms with Crippen LogP contribution >= 0.6 is 11.6 Å². The van der Waals surface area contributed by atoms with Gasteiger partial charge in [-0.1, -0.05) is 48.0 Å². The van der Waals surface area contributed by atoms with Gasteiger partial charge in [-0.3, -0.25) is 24.4 Å². The molecule has 236 valence electrons. The van der Waals surface area contributed by atoms with E-state index in [-0.39, 0.29) is 58.8 Å². The number of rotatable bonds is 7. The number of anilines is 2. The predicted molar refractivity (Wildman–Crippen MR) is 166 cm³/mol. The lowest BCUT2D eigenvalue weighted by Gasteiger charge is -2.24. The van der Waals surface area contributed by atoms with Crippen molar-refractivity contribution in [2.75, 3.05) is 24.3 Å². The molecule has 6 rings (SSSR count). The van der Waals surface area contributed by atoms with Gasteiger partial charge in [0.2, 0.25) is 17.8 Å². The van der Waals surface area contributed by atoms with Crippen molar-refractivity contribution in [3.05, 3.63) is 71.1 Å². The van der Waals surface area contributed by atoms with E-state index in [1.165, 1.54) is 36.9 Å². The number of benzene rings is 3. The molecule has 3 heterocycles. The van der Waals surface area contributed by atoms with Crippen LogP contribution in [0.2, 0.25) is 5.02 Å². The number of alkyl halides is 1. The number of aromatic nitrogens is 4. The van der Waals surface area contributed by atoms with Crippen molar-refractivity contribution in [1.29, 1.82) is 0 Å². The van der Waals surface area contributed by atoms with E-state index in [0.717, 1.165) is 4.90 Å². The van der Waals surface area contributed by atoms with Gasteiger partial charge in [-0.25, -0.2) is 18.6 Å². The third kappa shape index (κ3) is 5.62. The van der Waals surface area contributed by atoms with Crippen molar-refractivity contribution in [1.82, 2.24) is 24.6 Å². The number of methoxy groups -OCH3 is 1. The Labute approximate surface area is 264 Å². The summed E-state index contributed by atoms with van der Waals surface area (Å²) in [7, 11) is 1.20. The lowest BCUT2D eigenvalue weighted by atomic mass is 10.0. The maximum atomic E-state index is 15.9. The number of imidazole rings is 1. The van der Waals surface area contributed by atoms with Gasteiger partial charge in [0.15, 0.2) is 11.6 Å². The highest BCUT2D eigenvalue weighted by molar-refractivity contribution is 6.37. The Morgan fingerprint density at radius 3 is 2.61 bits per heavy atom. The van der Waals surface area contributed by atoms with Gasteiger partial charge in [-0.2, -0.15) is 5.10 Å². The molecule has 46 heavy (non-hydrogen) atoms. The molecule has 15 heteroatoms. The maximum absolute atomic E-state index is 15.9. The van der Waals surface area contributed by atoms with Crippen LogP contribution in [0, 0.1) is 5.82 Å². The quantitative estimate of drug-likeness (QED) is 0.202. The Hall–Kier alpha value is -5.37. The average Bonchev–Trinajstić information content (AvgIpc) is 3.74. The minimum atomic E-state index is -1.48. The number of carbonyl (C=O) groups is 4. The molecule has 2 aromatic heterocycles. The number of fused-ring (bicyclic) bond motifs is 2. The lowest BCUT2D eigenvalue weighted by Crippen LogP contribution is -2.44. The van der Waals surface area contributed by atoms with E-state index in [9.17, 15) is 23.6 Å². The van der Waals surface area contributed by atoms with Crippen molar-refractivity contribution in [3.8, 4) is 11.1 Å². The number of nitrogens with zero attached hydrogens (tertiary/aromatic N) is 4. The summed E-state index contributed by atoms with van der Waals surface area (Å²) in [6.07, 6.45) is -2.50. The van der Waals surface area contributed by atoms with Crippen LogP contribution in [0.4, 0.5) is 25.2 Å². The average molecular weight is 650 g/mol. The topological polar surface area (TPSA) is 151 Å². The molecule has 0 spiro atoms. The van der Waals surface area contributed by atoms with Crippen molar-refractivity contribution >= 4 is 68.9 Å². The molecule has 3 N–H and O–H groups in total. The number of ketones is 1. The molecule has 0 radical (unpaired) electrons. The molecule has 1 fully saturated rings. The van der Waals surface area contributed by atoms with Gasteiger partial charge in [0.25, 0.3) is 0 Å². The molecule has 0 unspecified atom stereocenters. The molecule has 1 aliphatic heterocycles. The Balaban J connectivity index is 1.23. The van der Waals surface area contributed by atoms with E-state index < -0.39 is 35.9 Å². The largest absolute Gasteiger partial charge is 0.453 e. The molecule has 0 saturated carbocycles. The Morgan fingerprint density at radius 2 is 1.85 bits per heavy atom. The molecule has 0 aliphatic carbocycles. The van der Waals surface area contributed by atoms with Gasteiger partial charge >= 0.3 is 6.09 Å². The number of likely N-dealkylation sites (tertiary alicyclic amines) is 1. The molecule has 1 aliphatic rings. The molecule has 1 saturated heterocycles. The zero-order valence-electron chi connectivity index (χ0n) is 24.4. The Morgan fingerprint density at radius 1 is 1.07 bits per heavy atom. The number of Topliss-reactive ketones (excluding diaryl/α,β-unsaturated/α-hetero) is 1. The SMILES string of the molecule is COC(=O)Nc1nc2ccc(-c3cccc(NC(=O)[C@@H]4C[C@@H](F)CN4C(=O)Cn4nc(C(C)=O)c5ccccc54)c3F)c(Cl)c2[nH]1. The van der Waals surface area contributed by atoms with Gasteiger partial charge in [0, 0.05) is 29.9 Å². The first-order valence-electron chi connectivity index (χ1n) is 14.1. The van der Waals surface area contributed by atoms with Crippen LogP contribution in [0.15, 0.2) is 54.6 Å². The van der Waals surface area contributed by atoms with Crippen molar-refractivity contribution in [2.45, 2.75) is 32.1 Å². The molecule has 5 aromatic rings. The summed E-state index contributed by atoms with van der Waals surface area (Å²) in [6, 6.07) is 13.1. The first kappa shape index (κ1) is 30.6. The van der Waals surface area contributed by atoms with E-state index in [4.69, 9.17) is 11.6 Å². The van der Waals surface area contributed by atoms with Gasteiger partial charge in [-0.15, -0.1) is 0 Å². The number of hydrogen-bond acceptors (Lipinski definition) is 7. The van der Waals surface area contributed by atoms with E-state index >= 15 is 4.39 Å². The number of hydrogen-bond donors (Lipinski definition) is 3. The highest BCUT2D eigenvalue weighted by Gasteiger charge is 2.40. The minimum absolute atomic E-state index is 0.0522. The summed E-state index contributed by atoms with van der Waals surface area (Å²) >= 11 is 6.60. The van der Waals surface area contributed by atoms with Crippen molar-refractivity contribution < 1.29 is 32.7 Å². The number of aromatic amines is 1. The fourth-order valence-corrected chi connectivity index (χ4v) is 5.86. The van der Waals surface area contributed by atoms with Gasteiger partial charge in [0.1, 0.15) is 24.5 Å². The molecule has 2 atom stereocenters. The molecular formula is C31H26ClF2N7O5. The highest BCUT2D eigenvalue weighted by atomic mass is 35.5. The third-order valence-corrected chi connectivity index (χ3v) is 8.09. The van der Waals surface area contributed by atoms with Crippen LogP contribution in [0.25, 0.3) is 33.1 Å². The minimum Gasteiger partial charge on any atom is -0.453 e. The van der Waals surface area contributed by atoms with Crippen LogP contribution in [0.5, 0.6) is 0 Å². The second kappa shape index (κ2) is 12.2. The zero-order chi connectivity index (χ0) is 32.7. The molecular weight excluding hydrogens is 624 g/mol. The van der Waals surface area contributed by atoms with Crippen LogP contribution in [-0.2, 0) is 20.9 Å². The van der Waals surface area contributed by atoms with Gasteiger partial charge in [0.05, 0.1) is 40.9 Å². The summed E-state index contributed by atoms with van der Waals surface area (Å²) in [6.45, 7) is 0.707. The molecule has 0 bridgehead atoms. The predicted octanol–water partition coefficient (Wildman–Crippen LogP) is 5.33. The van der Waals surface area contributed by atoms with E-state index in [1.807, 2.05) is 0 Å². The smallest absolute Gasteiger partial charge is 0.413 e. The Bertz CT molecular complexity index is 2040. The maximum Gasteiger partial charge on any atom is 0.413 e. The zero-order valence-corrected chi connectivity index (χ0v) is 25.2. The number of nitrogens with one attached hydrogen (secondary N) is 3. The fraction of sp³-hybridized carbons (Fsp3) is 0.226. The number of halogens is 3. The molecule has 3 aromatic carbocycles. The number of H-pyrrole nitrogens is 1. The summed E-state index contributed by atoms with van der Waals surface area (Å²) in [5.74, 6) is -2.37. The fourth-order valence-electron chi connectivity index (χ4n) is 5.55. The molecule has 12 nitrogen and oxygen atoms in total. The Kier molecular flexibility index (Phi) is 8.13. The van der Waals surface area contributed by atoms with E-state index in [0.29, 0.717) is 21.9 Å².